The molecule has 1 heterocycles. The predicted molar refractivity (Wildman–Crippen MR) is 70.4 cm³/mol. The van der Waals surface area contributed by atoms with Crippen LogP contribution in [0.4, 0.5) is 4.39 Å². The summed E-state index contributed by atoms with van der Waals surface area (Å²) in [6.07, 6.45) is 1.79. The Balaban J connectivity index is 1.94. The van der Waals surface area contributed by atoms with Gasteiger partial charge in [0.05, 0.1) is 18.2 Å². The van der Waals surface area contributed by atoms with Crippen LogP contribution in [0, 0.1) is 5.82 Å². The van der Waals surface area contributed by atoms with Crippen LogP contribution in [0.25, 0.3) is 0 Å². The Labute approximate surface area is 114 Å². The van der Waals surface area contributed by atoms with E-state index in [1.165, 1.54) is 19.2 Å². The van der Waals surface area contributed by atoms with E-state index >= 15 is 0 Å². The lowest BCUT2D eigenvalue weighted by Crippen LogP contribution is -2.12. The van der Waals surface area contributed by atoms with E-state index in [4.69, 9.17) is 0 Å². The monoisotopic (exact) mass is 280 g/mol. The molecule has 19 heavy (non-hydrogen) atoms. The number of esters is 1. The van der Waals surface area contributed by atoms with Crippen LogP contribution in [0.2, 0.25) is 0 Å². The van der Waals surface area contributed by atoms with Crippen molar-refractivity contribution in [3.05, 3.63) is 51.7 Å². The summed E-state index contributed by atoms with van der Waals surface area (Å²) in [6, 6.07) is 4.48. The van der Waals surface area contributed by atoms with Crippen LogP contribution in [-0.2, 0) is 17.8 Å². The Bertz CT molecular complexity index is 558. The highest BCUT2D eigenvalue weighted by Gasteiger charge is 2.11. The minimum Gasteiger partial charge on any atom is -0.465 e. The third kappa shape index (κ3) is 3.59. The molecular formula is C13H13FN2O2S. The number of methoxy groups -OCH3 is 1. The van der Waals surface area contributed by atoms with Gasteiger partial charge in [0, 0.05) is 24.2 Å². The van der Waals surface area contributed by atoms with Crippen molar-refractivity contribution in [3.8, 4) is 0 Å². The number of carbonyl (C=O) groups is 1. The van der Waals surface area contributed by atoms with Crippen molar-refractivity contribution in [1.29, 1.82) is 0 Å². The fourth-order valence-electron chi connectivity index (χ4n) is 1.60. The standard InChI is InChI=1S/C13H13FN2O2S/c1-18-13(17)11-3-2-9(4-12(11)14)5-15-6-10-7-16-8-19-10/h2-4,7-8,15H,5-6H2,1H3. The maximum Gasteiger partial charge on any atom is 0.340 e. The third-order valence-electron chi connectivity index (χ3n) is 2.55. The van der Waals surface area contributed by atoms with Gasteiger partial charge in [-0.2, -0.15) is 0 Å². The lowest BCUT2D eigenvalue weighted by Gasteiger charge is -2.06. The number of halogens is 1. The lowest BCUT2D eigenvalue weighted by molar-refractivity contribution is 0.0595. The zero-order chi connectivity index (χ0) is 13.7. The maximum absolute atomic E-state index is 13.7. The number of ether oxygens (including phenoxy) is 1. The molecule has 0 radical (unpaired) electrons. The SMILES string of the molecule is COC(=O)c1ccc(CNCc2cncs2)cc1F. The molecule has 0 spiro atoms. The fourth-order valence-corrected chi connectivity index (χ4v) is 2.17. The second-order valence-corrected chi connectivity index (χ2v) is 4.85. The van der Waals surface area contributed by atoms with Gasteiger partial charge in [0.2, 0.25) is 0 Å². The highest BCUT2D eigenvalue weighted by Crippen LogP contribution is 2.12. The van der Waals surface area contributed by atoms with E-state index < -0.39 is 11.8 Å². The Morgan fingerprint density at radius 1 is 1.47 bits per heavy atom. The van der Waals surface area contributed by atoms with E-state index in [0.29, 0.717) is 13.1 Å². The largest absolute Gasteiger partial charge is 0.465 e. The molecule has 0 amide bonds. The van der Waals surface area contributed by atoms with Crippen LogP contribution >= 0.6 is 11.3 Å². The van der Waals surface area contributed by atoms with Crippen molar-refractivity contribution in [2.45, 2.75) is 13.1 Å². The molecule has 2 aromatic rings. The third-order valence-corrected chi connectivity index (χ3v) is 3.33. The summed E-state index contributed by atoms with van der Waals surface area (Å²) in [5, 5.41) is 3.18. The second-order valence-electron chi connectivity index (χ2n) is 3.88. The number of thiazole rings is 1. The molecule has 1 N–H and O–H groups in total. The van der Waals surface area contributed by atoms with Crippen molar-refractivity contribution >= 4 is 17.3 Å². The first-order chi connectivity index (χ1) is 9.20. The summed E-state index contributed by atoms with van der Waals surface area (Å²) in [7, 11) is 1.23. The second kappa shape index (κ2) is 6.40. The van der Waals surface area contributed by atoms with Gasteiger partial charge in [0.1, 0.15) is 5.82 Å². The van der Waals surface area contributed by atoms with Gasteiger partial charge in [-0.3, -0.25) is 4.98 Å². The lowest BCUT2D eigenvalue weighted by atomic mass is 10.1. The van der Waals surface area contributed by atoms with E-state index in [9.17, 15) is 9.18 Å². The molecule has 1 aromatic heterocycles. The highest BCUT2D eigenvalue weighted by molar-refractivity contribution is 7.09. The van der Waals surface area contributed by atoms with Gasteiger partial charge in [-0.25, -0.2) is 9.18 Å². The normalized spacial score (nSPS) is 10.4. The van der Waals surface area contributed by atoms with Crippen LogP contribution in [0.5, 0.6) is 0 Å². The quantitative estimate of drug-likeness (QED) is 0.854. The molecular weight excluding hydrogens is 267 g/mol. The number of nitrogens with one attached hydrogen (secondary N) is 1. The van der Waals surface area contributed by atoms with Gasteiger partial charge in [-0.15, -0.1) is 11.3 Å². The van der Waals surface area contributed by atoms with E-state index in [2.05, 4.69) is 15.0 Å². The van der Waals surface area contributed by atoms with Crippen LogP contribution in [0.15, 0.2) is 29.9 Å². The van der Waals surface area contributed by atoms with Gasteiger partial charge in [-0.05, 0) is 17.7 Å². The Kier molecular flexibility index (Phi) is 4.59. The first kappa shape index (κ1) is 13.6. The minimum absolute atomic E-state index is 0.0475. The predicted octanol–water partition coefficient (Wildman–Crippen LogP) is 2.36. The van der Waals surface area contributed by atoms with Gasteiger partial charge in [0.15, 0.2) is 0 Å². The van der Waals surface area contributed by atoms with Gasteiger partial charge >= 0.3 is 5.97 Å². The highest BCUT2D eigenvalue weighted by atomic mass is 32.1. The number of hydrogen-bond acceptors (Lipinski definition) is 5. The molecule has 0 saturated heterocycles. The summed E-state index contributed by atoms with van der Waals surface area (Å²) >= 11 is 1.56. The van der Waals surface area contributed by atoms with Gasteiger partial charge in [-0.1, -0.05) is 6.07 Å². The molecule has 0 unspecified atom stereocenters. The molecule has 2 rings (SSSR count). The zero-order valence-electron chi connectivity index (χ0n) is 10.4. The van der Waals surface area contributed by atoms with Crippen LogP contribution in [0.1, 0.15) is 20.8 Å². The Morgan fingerprint density at radius 2 is 2.32 bits per heavy atom. The number of carbonyl (C=O) groups excluding carboxylic acids is 1. The molecule has 0 aliphatic rings. The fraction of sp³-hybridized carbons (Fsp3) is 0.231. The van der Waals surface area contributed by atoms with Crippen molar-refractivity contribution in [2.24, 2.45) is 0 Å². The molecule has 0 saturated carbocycles. The van der Waals surface area contributed by atoms with Crippen LogP contribution in [0.3, 0.4) is 0 Å². The minimum atomic E-state index is -0.665. The summed E-state index contributed by atoms with van der Waals surface area (Å²) in [6.45, 7) is 1.21. The van der Waals surface area contributed by atoms with Crippen molar-refractivity contribution in [1.82, 2.24) is 10.3 Å². The Hall–Kier alpha value is -1.79. The van der Waals surface area contributed by atoms with Crippen LogP contribution < -0.4 is 5.32 Å². The van der Waals surface area contributed by atoms with E-state index in [1.807, 2.05) is 0 Å². The first-order valence-corrected chi connectivity index (χ1v) is 6.53. The molecule has 0 aliphatic carbocycles. The van der Waals surface area contributed by atoms with Crippen LogP contribution in [-0.4, -0.2) is 18.1 Å². The molecule has 0 aliphatic heterocycles. The molecule has 0 atom stereocenters. The van der Waals surface area contributed by atoms with E-state index in [-0.39, 0.29) is 5.56 Å². The van der Waals surface area contributed by atoms with E-state index in [0.717, 1.165) is 10.4 Å². The van der Waals surface area contributed by atoms with Crippen molar-refractivity contribution in [3.63, 3.8) is 0 Å². The molecule has 0 bridgehead atoms. The molecule has 6 heteroatoms. The maximum atomic E-state index is 13.7. The number of benzene rings is 1. The summed E-state index contributed by atoms with van der Waals surface area (Å²) in [5.74, 6) is -1.23. The van der Waals surface area contributed by atoms with E-state index in [1.54, 1.807) is 29.1 Å². The number of aromatic nitrogens is 1. The number of nitrogens with zero attached hydrogens (tertiary/aromatic N) is 1. The molecule has 4 nitrogen and oxygen atoms in total. The topological polar surface area (TPSA) is 51.2 Å². The zero-order valence-corrected chi connectivity index (χ0v) is 11.2. The number of rotatable bonds is 5. The summed E-state index contributed by atoms with van der Waals surface area (Å²) in [4.78, 5) is 16.3. The summed E-state index contributed by atoms with van der Waals surface area (Å²) in [5.41, 5.74) is 2.49. The number of hydrogen-bond donors (Lipinski definition) is 1. The average molecular weight is 280 g/mol. The average Bonchev–Trinajstić information content (AvgIpc) is 2.91. The van der Waals surface area contributed by atoms with Gasteiger partial charge < -0.3 is 10.1 Å². The van der Waals surface area contributed by atoms with Crippen molar-refractivity contribution < 1.29 is 13.9 Å². The van der Waals surface area contributed by atoms with Crippen molar-refractivity contribution in [2.75, 3.05) is 7.11 Å². The molecule has 1 aromatic carbocycles. The molecule has 100 valence electrons. The Morgan fingerprint density at radius 3 is 2.95 bits per heavy atom. The molecule has 0 fully saturated rings. The smallest absolute Gasteiger partial charge is 0.340 e. The first-order valence-electron chi connectivity index (χ1n) is 5.65. The van der Waals surface area contributed by atoms with Gasteiger partial charge in [0.25, 0.3) is 0 Å². The summed E-state index contributed by atoms with van der Waals surface area (Å²) < 4.78 is 18.1.